The van der Waals surface area contributed by atoms with Crippen molar-refractivity contribution < 1.29 is 5.11 Å². The zero-order chi connectivity index (χ0) is 17.3. The molecule has 0 aliphatic carbocycles. The first kappa shape index (κ1) is 17.1. The summed E-state index contributed by atoms with van der Waals surface area (Å²) in [5.74, 6) is 0.100. The fraction of sp³-hybridized carbons (Fsp3) is 0.238. The van der Waals surface area contributed by atoms with Crippen LogP contribution in [-0.2, 0) is 19.4 Å². The normalized spacial score (nSPS) is 10.9. The monoisotopic (exact) mass is 332 g/mol. The Morgan fingerprint density at radius 1 is 0.720 bits per heavy atom. The van der Waals surface area contributed by atoms with Crippen LogP contribution in [-0.4, -0.2) is 28.0 Å². The van der Waals surface area contributed by atoms with Crippen LogP contribution in [0.1, 0.15) is 17.0 Å². The first-order chi connectivity index (χ1) is 12.3. The minimum Gasteiger partial charge on any atom is -0.872 e. The van der Waals surface area contributed by atoms with Crippen LogP contribution in [0, 0.1) is 0 Å². The summed E-state index contributed by atoms with van der Waals surface area (Å²) in [6, 6.07) is 19.2. The summed E-state index contributed by atoms with van der Waals surface area (Å²) >= 11 is 0. The lowest BCUT2D eigenvalue weighted by Crippen LogP contribution is -2.28. The Balaban J connectivity index is 1.65. The molecule has 4 nitrogen and oxygen atoms in total. The number of rotatable bonds is 8. The van der Waals surface area contributed by atoms with E-state index >= 15 is 0 Å². The molecule has 0 N–H and O–H groups in total. The Hall–Kier alpha value is -2.72. The van der Waals surface area contributed by atoms with Crippen LogP contribution in [0.2, 0.25) is 0 Å². The molecule has 0 aliphatic heterocycles. The average Bonchev–Trinajstić information content (AvgIpc) is 2.67. The lowest BCUT2D eigenvalue weighted by Gasteiger charge is -2.25. The van der Waals surface area contributed by atoms with Gasteiger partial charge in [0, 0.05) is 56.3 Å². The zero-order valence-electron chi connectivity index (χ0n) is 14.2. The van der Waals surface area contributed by atoms with Crippen LogP contribution >= 0.6 is 0 Å². The van der Waals surface area contributed by atoms with Crippen molar-refractivity contribution in [2.24, 2.45) is 0 Å². The van der Waals surface area contributed by atoms with Gasteiger partial charge in [0.25, 0.3) is 0 Å². The molecule has 0 saturated heterocycles. The van der Waals surface area contributed by atoms with Crippen molar-refractivity contribution in [3.05, 3.63) is 90.0 Å². The smallest absolute Gasteiger partial charge is 0.0416 e. The Bertz CT molecular complexity index is 719. The summed E-state index contributed by atoms with van der Waals surface area (Å²) in [4.78, 5) is 11.1. The van der Waals surface area contributed by atoms with Gasteiger partial charge >= 0.3 is 0 Å². The molecule has 0 amide bonds. The van der Waals surface area contributed by atoms with Crippen LogP contribution in [0.5, 0.6) is 5.75 Å². The molecule has 3 aromatic rings. The van der Waals surface area contributed by atoms with Gasteiger partial charge in [0.1, 0.15) is 0 Å². The van der Waals surface area contributed by atoms with Gasteiger partial charge < -0.3 is 5.11 Å². The number of benzene rings is 1. The van der Waals surface area contributed by atoms with E-state index in [2.05, 4.69) is 14.9 Å². The second-order valence-electron chi connectivity index (χ2n) is 6.03. The van der Waals surface area contributed by atoms with Gasteiger partial charge in [-0.25, -0.2) is 0 Å². The van der Waals surface area contributed by atoms with E-state index < -0.39 is 0 Å². The average molecular weight is 332 g/mol. The van der Waals surface area contributed by atoms with Crippen molar-refractivity contribution in [1.82, 2.24) is 14.9 Å². The van der Waals surface area contributed by atoms with Crippen LogP contribution in [0.15, 0.2) is 73.1 Å². The SMILES string of the molecule is [O-]c1ccccc1CN(CCc1ccccn1)CCc1ccccn1. The second kappa shape index (κ2) is 8.94. The fourth-order valence-corrected chi connectivity index (χ4v) is 2.78. The van der Waals surface area contributed by atoms with Crippen molar-refractivity contribution in [3.63, 3.8) is 0 Å². The molecule has 2 aromatic heterocycles. The molecule has 0 fully saturated rings. The maximum absolute atomic E-state index is 12.1. The van der Waals surface area contributed by atoms with Crippen molar-refractivity contribution >= 4 is 0 Å². The molecular weight excluding hydrogens is 310 g/mol. The minimum absolute atomic E-state index is 0.100. The molecule has 4 heteroatoms. The van der Waals surface area contributed by atoms with Crippen LogP contribution in [0.4, 0.5) is 0 Å². The molecule has 128 valence electrons. The summed E-state index contributed by atoms with van der Waals surface area (Å²) in [7, 11) is 0. The fourth-order valence-electron chi connectivity index (χ4n) is 2.78. The summed E-state index contributed by atoms with van der Waals surface area (Å²) in [5.41, 5.74) is 2.98. The highest BCUT2D eigenvalue weighted by Gasteiger charge is 2.08. The van der Waals surface area contributed by atoms with Crippen LogP contribution in [0.3, 0.4) is 0 Å². The first-order valence-corrected chi connectivity index (χ1v) is 8.58. The van der Waals surface area contributed by atoms with E-state index in [1.165, 1.54) is 0 Å². The molecule has 0 saturated carbocycles. The molecule has 2 heterocycles. The molecule has 25 heavy (non-hydrogen) atoms. The Morgan fingerprint density at radius 2 is 1.28 bits per heavy atom. The van der Waals surface area contributed by atoms with E-state index in [4.69, 9.17) is 0 Å². The van der Waals surface area contributed by atoms with Gasteiger partial charge in [-0.1, -0.05) is 36.4 Å². The predicted octanol–water partition coefficient (Wildman–Crippen LogP) is 2.84. The first-order valence-electron chi connectivity index (χ1n) is 8.58. The molecule has 0 aliphatic rings. The van der Waals surface area contributed by atoms with E-state index in [0.717, 1.165) is 42.9 Å². The van der Waals surface area contributed by atoms with Crippen molar-refractivity contribution in [1.29, 1.82) is 0 Å². The summed E-state index contributed by atoms with van der Waals surface area (Å²) in [6.07, 6.45) is 5.37. The van der Waals surface area contributed by atoms with E-state index in [9.17, 15) is 5.11 Å². The maximum Gasteiger partial charge on any atom is 0.0416 e. The minimum atomic E-state index is 0.100. The topological polar surface area (TPSA) is 52.1 Å². The van der Waals surface area contributed by atoms with Gasteiger partial charge in [-0.15, -0.1) is 5.75 Å². The van der Waals surface area contributed by atoms with Crippen LogP contribution < -0.4 is 5.11 Å². The van der Waals surface area contributed by atoms with Crippen molar-refractivity contribution in [2.45, 2.75) is 19.4 Å². The van der Waals surface area contributed by atoms with Crippen LogP contribution in [0.25, 0.3) is 0 Å². The summed E-state index contributed by atoms with van der Waals surface area (Å²) in [6.45, 7) is 2.37. The van der Waals surface area contributed by atoms with Gasteiger partial charge in [-0.2, -0.15) is 0 Å². The Kier molecular flexibility index (Phi) is 6.12. The Morgan fingerprint density at radius 3 is 1.80 bits per heavy atom. The maximum atomic E-state index is 12.1. The van der Waals surface area contributed by atoms with Gasteiger partial charge in [-0.05, 0) is 29.8 Å². The highest BCUT2D eigenvalue weighted by atomic mass is 16.3. The largest absolute Gasteiger partial charge is 0.872 e. The Labute approximate surface area is 148 Å². The van der Waals surface area contributed by atoms with Crippen molar-refractivity contribution in [3.8, 4) is 5.75 Å². The third-order valence-corrected chi connectivity index (χ3v) is 4.19. The molecule has 0 spiro atoms. The molecule has 0 unspecified atom stereocenters. The number of aromatic nitrogens is 2. The van der Waals surface area contributed by atoms with Gasteiger partial charge in [0.15, 0.2) is 0 Å². The second-order valence-corrected chi connectivity index (χ2v) is 6.03. The zero-order valence-corrected chi connectivity index (χ0v) is 14.2. The van der Waals surface area contributed by atoms with E-state index in [1.807, 2.05) is 60.9 Å². The highest BCUT2D eigenvalue weighted by Crippen LogP contribution is 2.15. The van der Waals surface area contributed by atoms with Crippen molar-refractivity contribution in [2.75, 3.05) is 13.1 Å². The number of para-hydroxylation sites is 1. The summed E-state index contributed by atoms with van der Waals surface area (Å²) in [5, 5.41) is 12.1. The van der Waals surface area contributed by atoms with Gasteiger partial charge in [0.2, 0.25) is 0 Å². The summed E-state index contributed by atoms with van der Waals surface area (Å²) < 4.78 is 0. The molecule has 0 radical (unpaired) electrons. The molecule has 3 rings (SSSR count). The van der Waals surface area contributed by atoms with E-state index in [0.29, 0.717) is 6.54 Å². The van der Waals surface area contributed by atoms with E-state index in [1.54, 1.807) is 12.1 Å². The molecule has 1 aromatic carbocycles. The van der Waals surface area contributed by atoms with E-state index in [-0.39, 0.29) is 5.75 Å². The number of hydrogen-bond acceptors (Lipinski definition) is 4. The van der Waals surface area contributed by atoms with Gasteiger partial charge in [0.05, 0.1) is 0 Å². The predicted molar refractivity (Wildman–Crippen MR) is 97.0 cm³/mol. The standard InChI is InChI=1S/C21H23N3O/c25-21-10-2-1-7-18(21)17-24(15-11-19-8-3-5-13-22-19)16-12-20-9-4-6-14-23-20/h1-10,13-14,25H,11-12,15-17H2/p-1. The number of hydrogen-bond donors (Lipinski definition) is 0. The molecule has 0 atom stereocenters. The lowest BCUT2D eigenvalue weighted by atomic mass is 10.1. The molecular formula is C21H22N3O-. The quantitative estimate of drug-likeness (QED) is 0.636. The molecule has 0 bridgehead atoms. The lowest BCUT2D eigenvalue weighted by molar-refractivity contribution is -0.269. The third-order valence-electron chi connectivity index (χ3n) is 4.19. The van der Waals surface area contributed by atoms with Gasteiger partial charge in [-0.3, -0.25) is 14.9 Å². The number of nitrogens with zero attached hydrogens (tertiary/aromatic N) is 3. The number of pyridine rings is 2. The highest BCUT2D eigenvalue weighted by molar-refractivity contribution is 5.30. The third kappa shape index (κ3) is 5.40.